The average Bonchev–Trinajstić information content (AvgIpc) is 3.19. The third kappa shape index (κ3) is 3.07. The van der Waals surface area contributed by atoms with E-state index >= 15 is 0 Å². The molecule has 0 radical (unpaired) electrons. The van der Waals surface area contributed by atoms with Crippen LogP contribution in [0.1, 0.15) is 16.4 Å². The Morgan fingerprint density at radius 2 is 1.72 bits per heavy atom. The number of carbonyl (C=O) groups excluding carboxylic acids is 2. The van der Waals surface area contributed by atoms with Crippen LogP contribution in [-0.4, -0.2) is 27.2 Å². The second-order valence-corrected chi connectivity index (χ2v) is 10.6. The Labute approximate surface area is 187 Å². The number of nitrogens with zero attached hydrogens (tertiary/aromatic N) is 1. The van der Waals surface area contributed by atoms with Gasteiger partial charge in [0.1, 0.15) is 11.0 Å². The van der Waals surface area contributed by atoms with Crippen molar-refractivity contribution in [1.29, 1.82) is 0 Å². The summed E-state index contributed by atoms with van der Waals surface area (Å²) in [6, 6.07) is 14.0. The Hall–Kier alpha value is -1.94. The maximum atomic E-state index is 13.5. The largest absolute Gasteiger partial charge is 0.508 e. The highest BCUT2D eigenvalue weighted by molar-refractivity contribution is 9.10. The molecular weight excluding hydrogens is 492 g/mol. The van der Waals surface area contributed by atoms with E-state index in [4.69, 9.17) is 12.2 Å². The number of phenols is 1. The summed E-state index contributed by atoms with van der Waals surface area (Å²) in [5, 5.41) is 10.0. The number of hydrogen-bond donors (Lipinski definition) is 2. The average molecular weight is 505 g/mol. The molecule has 5 nitrogen and oxygen atoms in total. The number of amides is 2. The summed E-state index contributed by atoms with van der Waals surface area (Å²) in [4.78, 5) is 32.2. The molecule has 0 bridgehead atoms. The van der Waals surface area contributed by atoms with Gasteiger partial charge in [0.15, 0.2) is 3.95 Å². The molecule has 3 aromatic rings. The molecule has 1 aromatic heterocycles. The molecule has 3 heterocycles. The van der Waals surface area contributed by atoms with Crippen LogP contribution in [0.25, 0.3) is 0 Å². The number of aromatic hydroxyl groups is 1. The van der Waals surface area contributed by atoms with Crippen LogP contribution in [0.4, 0.5) is 5.69 Å². The Morgan fingerprint density at radius 3 is 2.41 bits per heavy atom. The van der Waals surface area contributed by atoms with Gasteiger partial charge < -0.3 is 10.1 Å². The fraction of sp³-hybridized carbons (Fsp3) is 0.150. The Bertz CT molecular complexity index is 1190. The van der Waals surface area contributed by atoms with E-state index < -0.39 is 11.2 Å². The van der Waals surface area contributed by atoms with Gasteiger partial charge >= 0.3 is 0 Å². The number of H-pyrrole nitrogens is 1. The van der Waals surface area contributed by atoms with Crippen molar-refractivity contribution in [2.75, 3.05) is 4.90 Å². The van der Waals surface area contributed by atoms with Crippen molar-refractivity contribution in [3.63, 3.8) is 0 Å². The smallest absolute Gasteiger partial charge is 0.248 e. The van der Waals surface area contributed by atoms with E-state index in [0.29, 0.717) is 9.64 Å². The number of thioether (sulfide) groups is 1. The van der Waals surface area contributed by atoms with Crippen LogP contribution in [0, 0.1) is 9.87 Å². The van der Waals surface area contributed by atoms with Gasteiger partial charge in [-0.25, -0.2) is 4.90 Å². The lowest BCUT2D eigenvalue weighted by Crippen LogP contribution is -2.32. The first kappa shape index (κ1) is 19.0. The minimum atomic E-state index is -0.533. The van der Waals surface area contributed by atoms with Crippen LogP contribution in [0.5, 0.6) is 5.75 Å². The normalized spacial score (nSPS) is 23.2. The molecule has 0 saturated carbocycles. The van der Waals surface area contributed by atoms with Gasteiger partial charge in [0.05, 0.1) is 16.6 Å². The van der Waals surface area contributed by atoms with Gasteiger partial charge in [-0.1, -0.05) is 39.8 Å². The third-order valence-electron chi connectivity index (χ3n) is 5.16. The summed E-state index contributed by atoms with van der Waals surface area (Å²) in [7, 11) is 0. The lowest BCUT2D eigenvalue weighted by Gasteiger charge is -2.29. The summed E-state index contributed by atoms with van der Waals surface area (Å²) in [6.45, 7) is 0. The van der Waals surface area contributed by atoms with E-state index in [1.165, 1.54) is 28.0 Å². The summed E-state index contributed by atoms with van der Waals surface area (Å²) in [6.07, 6.45) is 0. The van der Waals surface area contributed by atoms with E-state index in [2.05, 4.69) is 20.9 Å². The van der Waals surface area contributed by atoms with E-state index in [1.807, 2.05) is 12.1 Å². The van der Waals surface area contributed by atoms with E-state index in [9.17, 15) is 14.7 Å². The number of imide groups is 1. The molecule has 2 N–H and O–H groups in total. The van der Waals surface area contributed by atoms with Gasteiger partial charge in [0, 0.05) is 15.3 Å². The van der Waals surface area contributed by atoms with Crippen LogP contribution in [0.3, 0.4) is 0 Å². The summed E-state index contributed by atoms with van der Waals surface area (Å²) in [5.41, 5.74) is 1.45. The molecule has 5 rings (SSSR count). The predicted octanol–water partition coefficient (Wildman–Crippen LogP) is 5.07. The number of benzene rings is 2. The van der Waals surface area contributed by atoms with Gasteiger partial charge in [-0.15, -0.1) is 11.3 Å². The highest BCUT2D eigenvalue weighted by Crippen LogP contribution is 2.54. The van der Waals surface area contributed by atoms with Gasteiger partial charge in [0.2, 0.25) is 11.8 Å². The first-order valence-corrected chi connectivity index (χ1v) is 11.7. The topological polar surface area (TPSA) is 73.4 Å². The number of nitrogens with one attached hydrogen (secondary N) is 1. The van der Waals surface area contributed by atoms with Crippen LogP contribution in [-0.2, 0) is 9.59 Å². The molecule has 29 heavy (non-hydrogen) atoms. The fourth-order valence-electron chi connectivity index (χ4n) is 3.90. The Balaban J connectivity index is 1.64. The van der Waals surface area contributed by atoms with Crippen molar-refractivity contribution in [2.24, 2.45) is 5.92 Å². The molecule has 2 amide bonds. The standard InChI is InChI=1S/C20H13BrN2O3S3/c21-10-3-5-11(6-4-10)23-18(25)14-13(9-1-7-12(24)8-2-9)15-17(22-20(27)29-15)28-16(14)19(23)26/h1-8,13-14,16,24H,(H,22,27). The van der Waals surface area contributed by atoms with E-state index in [-0.39, 0.29) is 23.5 Å². The minimum absolute atomic E-state index is 0.155. The number of phenolic OH excluding ortho intramolecular Hbond substituents is 1. The molecule has 3 unspecified atom stereocenters. The number of aromatic amines is 1. The molecule has 2 aromatic carbocycles. The molecule has 3 atom stereocenters. The van der Waals surface area contributed by atoms with Gasteiger partial charge in [-0.3, -0.25) is 9.59 Å². The van der Waals surface area contributed by atoms with Crippen molar-refractivity contribution in [3.8, 4) is 5.75 Å². The molecule has 1 saturated heterocycles. The second kappa shape index (κ2) is 7.09. The summed E-state index contributed by atoms with van der Waals surface area (Å²) < 4.78 is 1.50. The van der Waals surface area contributed by atoms with Crippen LogP contribution >= 0.6 is 51.2 Å². The molecule has 1 fully saturated rings. The third-order valence-corrected chi connectivity index (χ3v) is 8.44. The number of aromatic nitrogens is 1. The van der Waals surface area contributed by atoms with Crippen molar-refractivity contribution >= 4 is 68.7 Å². The van der Waals surface area contributed by atoms with E-state index in [1.54, 1.807) is 36.4 Å². The molecule has 2 aliphatic rings. The SMILES string of the molecule is O=C1C2Sc3[nH]c(=S)sc3C(c3ccc(O)cc3)C2C(=O)N1c1ccc(Br)cc1. The zero-order chi connectivity index (χ0) is 20.3. The molecular formula is C20H13BrN2O3S3. The number of carbonyl (C=O) groups is 2. The lowest BCUT2D eigenvalue weighted by molar-refractivity contribution is -0.122. The molecule has 0 aliphatic carbocycles. The highest BCUT2D eigenvalue weighted by atomic mass is 79.9. The maximum Gasteiger partial charge on any atom is 0.248 e. The van der Waals surface area contributed by atoms with Crippen molar-refractivity contribution in [1.82, 2.24) is 4.98 Å². The van der Waals surface area contributed by atoms with E-state index in [0.717, 1.165) is 19.9 Å². The van der Waals surface area contributed by atoms with Crippen LogP contribution < -0.4 is 4.90 Å². The first-order chi connectivity index (χ1) is 13.9. The minimum Gasteiger partial charge on any atom is -0.508 e. The second-order valence-electron chi connectivity index (χ2n) is 6.83. The Kier molecular flexibility index (Phi) is 4.65. The number of thiazole rings is 1. The zero-order valence-electron chi connectivity index (χ0n) is 14.7. The number of fused-ring (bicyclic) bond motifs is 2. The molecule has 2 aliphatic heterocycles. The first-order valence-electron chi connectivity index (χ1n) is 8.76. The summed E-state index contributed by atoms with van der Waals surface area (Å²) in [5.74, 6) is -1.10. The van der Waals surface area contributed by atoms with Crippen molar-refractivity contribution < 1.29 is 14.7 Å². The Morgan fingerprint density at radius 1 is 1.03 bits per heavy atom. The monoisotopic (exact) mass is 504 g/mol. The number of halogens is 1. The zero-order valence-corrected chi connectivity index (χ0v) is 18.7. The maximum absolute atomic E-state index is 13.5. The number of hydrogen-bond acceptors (Lipinski definition) is 6. The van der Waals surface area contributed by atoms with Crippen LogP contribution in [0.2, 0.25) is 0 Å². The number of rotatable bonds is 2. The number of anilines is 1. The van der Waals surface area contributed by atoms with Crippen molar-refractivity contribution in [2.45, 2.75) is 16.2 Å². The van der Waals surface area contributed by atoms with Crippen molar-refractivity contribution in [3.05, 3.63) is 67.4 Å². The molecule has 0 spiro atoms. The predicted molar refractivity (Wildman–Crippen MR) is 119 cm³/mol. The molecule has 9 heteroatoms. The van der Waals surface area contributed by atoms with Gasteiger partial charge in [-0.05, 0) is 54.2 Å². The fourth-order valence-corrected chi connectivity index (χ4v) is 7.13. The van der Waals surface area contributed by atoms with Gasteiger partial charge in [-0.2, -0.15) is 0 Å². The quantitative estimate of drug-likeness (QED) is 0.376. The van der Waals surface area contributed by atoms with Crippen LogP contribution in [0.15, 0.2) is 58.0 Å². The van der Waals surface area contributed by atoms with Gasteiger partial charge in [0.25, 0.3) is 0 Å². The highest BCUT2D eigenvalue weighted by Gasteiger charge is 2.56. The lowest BCUT2D eigenvalue weighted by atomic mass is 9.83. The summed E-state index contributed by atoms with van der Waals surface area (Å²) >= 11 is 11.5. The molecule has 146 valence electrons.